The fourth-order valence-electron chi connectivity index (χ4n) is 14.2. The van der Waals surface area contributed by atoms with E-state index in [2.05, 4.69) is 53.4 Å². The van der Waals surface area contributed by atoms with Gasteiger partial charge < -0.3 is 20.1 Å². The van der Waals surface area contributed by atoms with E-state index in [0.29, 0.717) is 42.6 Å². The van der Waals surface area contributed by atoms with Gasteiger partial charge in [-0.1, -0.05) is 46.8 Å². The van der Waals surface area contributed by atoms with Crippen LogP contribution in [0, 0.1) is 62.1 Å². The summed E-state index contributed by atoms with van der Waals surface area (Å²) in [5.41, 5.74) is 0.410. The van der Waals surface area contributed by atoms with Crippen molar-refractivity contribution < 1.29 is 29.0 Å². The number of carbonyl (C=O) groups is 4. The number of nitrogens with one attached hydrogen (secondary N) is 1. The topological polar surface area (TPSA) is 113 Å². The predicted molar refractivity (Wildman–Crippen MR) is 198 cm³/mol. The molecule has 1 heterocycles. The highest BCUT2D eigenvalue weighted by Gasteiger charge is 2.71. The molecule has 0 aromatic carbocycles. The number of rotatable bonds is 8. The first-order chi connectivity index (χ1) is 23.6. The van der Waals surface area contributed by atoms with Crippen molar-refractivity contribution in [1.29, 1.82) is 0 Å². The molecule has 2 amide bonds. The maximum atomic E-state index is 14.1. The molecule has 0 radical (unpaired) electrons. The Hall–Kier alpha value is -2.38. The fourth-order valence-corrected chi connectivity index (χ4v) is 14.2. The molecule has 6 fully saturated rings. The average Bonchev–Trinajstić information content (AvgIpc) is 3.63. The van der Waals surface area contributed by atoms with Crippen LogP contribution >= 0.6 is 0 Å². The fraction of sp³-hybridized carbons (Fsp3) is 0.860. The van der Waals surface area contributed by atoms with E-state index >= 15 is 0 Å². The van der Waals surface area contributed by atoms with Gasteiger partial charge in [0.25, 0.3) is 0 Å². The van der Waals surface area contributed by atoms with Crippen molar-refractivity contribution in [3.05, 3.63) is 12.2 Å². The van der Waals surface area contributed by atoms with Crippen molar-refractivity contribution in [1.82, 2.24) is 10.2 Å². The van der Waals surface area contributed by atoms with Crippen LogP contribution in [0.25, 0.3) is 0 Å². The highest BCUT2D eigenvalue weighted by Crippen LogP contribution is 2.78. The van der Waals surface area contributed by atoms with Crippen LogP contribution in [0.1, 0.15) is 146 Å². The van der Waals surface area contributed by atoms with E-state index < -0.39 is 17.4 Å². The van der Waals surface area contributed by atoms with E-state index in [0.717, 1.165) is 64.3 Å². The summed E-state index contributed by atoms with van der Waals surface area (Å²) >= 11 is 0. The molecule has 0 bridgehead atoms. The summed E-state index contributed by atoms with van der Waals surface area (Å²) < 4.78 is 6.18. The smallest absolute Gasteiger partial charge is 0.309 e. The molecule has 0 aromatic rings. The molecule has 5 saturated carbocycles. The third kappa shape index (κ3) is 6.09. The van der Waals surface area contributed by atoms with Gasteiger partial charge in [-0.25, -0.2) is 0 Å². The van der Waals surface area contributed by atoms with Crippen LogP contribution in [0.3, 0.4) is 0 Å². The lowest BCUT2D eigenvalue weighted by Crippen LogP contribution is -2.67. The number of likely N-dealkylation sites (tertiary alicyclic amines) is 1. The molecule has 2 N–H and O–H groups in total. The standard InChI is InChI=1S/C43H68N2O6/c1-26(2)29-13-19-43(23-34(47)45-22-16-28(25-45)44-27(3)46)21-20-41(9)30(36(29)43)11-12-32-40(8)17-15-33(51-35(48)24-38(4,5)37(49)50)39(6,7)31(40)14-18-42(32,41)10/h28-33,36H,1,11-25H2,2-10H3,(H,44,46)(H,49,50)/t28-,29+,30-,31+,32-,33+,36-,40+,41-,42-,43-/m1/s1. The lowest BCUT2D eigenvalue weighted by atomic mass is 9.32. The molecule has 0 aromatic heterocycles. The minimum atomic E-state index is -1.15. The Kier molecular flexibility index (Phi) is 9.69. The van der Waals surface area contributed by atoms with E-state index in [9.17, 15) is 24.3 Å². The number of aliphatic carboxylic acids is 1. The van der Waals surface area contributed by atoms with Gasteiger partial charge in [-0.2, -0.15) is 0 Å². The number of nitrogens with zero attached hydrogens (tertiary/aromatic N) is 1. The van der Waals surface area contributed by atoms with E-state index in [1.54, 1.807) is 20.8 Å². The third-order valence-electron chi connectivity index (χ3n) is 17.1. The third-order valence-corrected chi connectivity index (χ3v) is 17.1. The molecule has 11 atom stereocenters. The number of carboxylic acid groups (broad SMARTS) is 1. The Bertz CT molecular complexity index is 1450. The van der Waals surface area contributed by atoms with Crippen molar-refractivity contribution in [2.75, 3.05) is 13.1 Å². The van der Waals surface area contributed by atoms with Crippen LogP contribution in [0.2, 0.25) is 0 Å². The average molecular weight is 709 g/mol. The first-order valence-electron chi connectivity index (χ1n) is 20.2. The number of hydrogen-bond acceptors (Lipinski definition) is 5. The molecule has 1 saturated heterocycles. The number of amides is 2. The van der Waals surface area contributed by atoms with Gasteiger partial charge in [0.05, 0.1) is 11.8 Å². The number of ether oxygens (including phenoxy) is 1. The monoisotopic (exact) mass is 709 g/mol. The van der Waals surface area contributed by atoms with Crippen LogP contribution in [0.4, 0.5) is 0 Å². The Balaban J connectivity index is 1.23. The zero-order chi connectivity index (χ0) is 37.5. The molecule has 286 valence electrons. The van der Waals surface area contributed by atoms with Gasteiger partial charge in [0.2, 0.25) is 11.8 Å². The van der Waals surface area contributed by atoms with Crippen LogP contribution < -0.4 is 5.32 Å². The molecule has 51 heavy (non-hydrogen) atoms. The molecule has 1 aliphatic heterocycles. The summed E-state index contributed by atoms with van der Waals surface area (Å²) in [4.78, 5) is 52.6. The summed E-state index contributed by atoms with van der Waals surface area (Å²) in [5, 5.41) is 12.6. The molecule has 8 nitrogen and oxygen atoms in total. The number of fused-ring (bicyclic) bond motifs is 7. The van der Waals surface area contributed by atoms with E-state index in [1.807, 2.05) is 4.90 Å². The molecule has 6 aliphatic rings. The van der Waals surface area contributed by atoms with Crippen LogP contribution in [0.5, 0.6) is 0 Å². The molecule has 6 rings (SSSR count). The summed E-state index contributed by atoms with van der Waals surface area (Å²) in [7, 11) is 0. The van der Waals surface area contributed by atoms with Gasteiger partial charge >= 0.3 is 11.9 Å². The van der Waals surface area contributed by atoms with Gasteiger partial charge in [0, 0.05) is 37.9 Å². The lowest BCUT2D eigenvalue weighted by molar-refractivity contribution is -0.250. The molecule has 8 heteroatoms. The van der Waals surface area contributed by atoms with E-state index in [-0.39, 0.29) is 57.5 Å². The van der Waals surface area contributed by atoms with Gasteiger partial charge in [-0.3, -0.25) is 19.2 Å². The second-order valence-corrected chi connectivity index (χ2v) is 20.5. The number of allylic oxidation sites excluding steroid dienone is 1. The second kappa shape index (κ2) is 12.9. The van der Waals surface area contributed by atoms with Crippen LogP contribution in [-0.4, -0.2) is 59.0 Å². The Morgan fingerprint density at radius 1 is 0.863 bits per heavy atom. The minimum Gasteiger partial charge on any atom is -0.481 e. The van der Waals surface area contributed by atoms with Crippen molar-refractivity contribution in [2.24, 2.45) is 62.1 Å². The lowest BCUT2D eigenvalue weighted by Gasteiger charge is -2.73. The van der Waals surface area contributed by atoms with Gasteiger partial charge in [0.1, 0.15) is 6.10 Å². The zero-order valence-corrected chi connectivity index (χ0v) is 33.3. The van der Waals surface area contributed by atoms with Crippen LogP contribution in [0.15, 0.2) is 12.2 Å². The Labute approximate surface area is 307 Å². The summed E-state index contributed by atoms with van der Waals surface area (Å²) in [6.07, 6.45) is 12.1. The molecular formula is C43H68N2O6. The largest absolute Gasteiger partial charge is 0.481 e. The number of carboxylic acids is 1. The summed E-state index contributed by atoms with van der Waals surface area (Å²) in [6, 6.07) is 0.0593. The maximum absolute atomic E-state index is 14.1. The molecule has 0 unspecified atom stereocenters. The van der Waals surface area contributed by atoms with Crippen molar-refractivity contribution in [2.45, 2.75) is 158 Å². The predicted octanol–water partition coefficient (Wildman–Crippen LogP) is 8.18. The van der Waals surface area contributed by atoms with Gasteiger partial charge in [0.15, 0.2) is 0 Å². The Morgan fingerprint density at radius 2 is 1.57 bits per heavy atom. The van der Waals surface area contributed by atoms with Crippen molar-refractivity contribution >= 4 is 23.8 Å². The highest BCUT2D eigenvalue weighted by molar-refractivity contribution is 5.81. The highest BCUT2D eigenvalue weighted by atomic mass is 16.5. The molecule has 5 aliphatic carbocycles. The minimum absolute atomic E-state index is 0.0143. The molecule has 0 spiro atoms. The van der Waals surface area contributed by atoms with Crippen molar-refractivity contribution in [3.8, 4) is 0 Å². The summed E-state index contributed by atoms with van der Waals surface area (Å²) in [6.45, 7) is 25.3. The van der Waals surface area contributed by atoms with E-state index in [1.165, 1.54) is 18.4 Å². The SMILES string of the molecule is C=C(C)[C@@H]1CC[C@]2(CC(=O)N3CC[C@@H](NC(C)=O)C3)CC[C@]3(C)[C@H](CC[C@@H]4[C@@]5(C)CC[C@H](OC(=O)CC(C)(C)C(=O)O)C(C)(C)[C@@H]5CC[C@]43C)[C@@H]12. The molecular weight excluding hydrogens is 640 g/mol. The number of esters is 1. The van der Waals surface area contributed by atoms with E-state index in [4.69, 9.17) is 4.74 Å². The quantitative estimate of drug-likeness (QED) is 0.194. The van der Waals surface area contributed by atoms with Gasteiger partial charge in [-0.05, 0) is 143 Å². The second-order valence-electron chi connectivity index (χ2n) is 20.5. The Morgan fingerprint density at radius 3 is 2.22 bits per heavy atom. The first kappa shape index (κ1) is 38.3. The van der Waals surface area contributed by atoms with Gasteiger partial charge in [-0.15, -0.1) is 0 Å². The summed E-state index contributed by atoms with van der Waals surface area (Å²) in [5.74, 6) is 1.34. The number of hydrogen-bond donors (Lipinski definition) is 2. The first-order valence-corrected chi connectivity index (χ1v) is 20.2. The normalized spacial score (nSPS) is 42.8. The van der Waals surface area contributed by atoms with Crippen molar-refractivity contribution in [3.63, 3.8) is 0 Å². The zero-order valence-electron chi connectivity index (χ0n) is 33.3. The number of carbonyl (C=O) groups excluding carboxylic acids is 3. The van der Waals surface area contributed by atoms with Crippen LogP contribution in [-0.2, 0) is 23.9 Å². The maximum Gasteiger partial charge on any atom is 0.309 e.